The van der Waals surface area contributed by atoms with Gasteiger partial charge in [0, 0.05) is 55.1 Å². The van der Waals surface area contributed by atoms with Crippen LogP contribution < -0.4 is 0 Å². The lowest BCUT2D eigenvalue weighted by Crippen LogP contribution is -2.14. The third-order valence-electron chi connectivity index (χ3n) is 13.9. The number of allylic oxidation sites excluding steroid dienone is 1. The van der Waals surface area contributed by atoms with Crippen molar-refractivity contribution in [1.29, 1.82) is 0 Å². The molecule has 0 fully saturated rings. The number of nitrogens with zero attached hydrogens (tertiary/aromatic N) is 5. The zero-order chi connectivity index (χ0) is 44.3. The second-order valence-corrected chi connectivity index (χ2v) is 17.9. The topological polar surface area (TPSA) is 61.7 Å². The molecule has 4 heterocycles. The second kappa shape index (κ2) is 14.3. The molecule has 8 aromatic carbocycles. The smallest absolute Gasteiger partial charge is 0.238 e. The van der Waals surface area contributed by atoms with Crippen molar-refractivity contribution in [2.24, 2.45) is 0 Å². The molecular weight excluding hydrogens is 807 g/mol. The van der Waals surface area contributed by atoms with Gasteiger partial charge in [-0.15, -0.1) is 0 Å². The molecule has 4 aromatic heterocycles. The Labute approximate surface area is 381 Å². The molecule has 0 N–H and O–H groups in total. The first-order chi connectivity index (χ1) is 32.4. The average Bonchev–Trinajstić information content (AvgIpc) is 4.06. The Morgan fingerprint density at radius 2 is 1.11 bits per heavy atom. The van der Waals surface area contributed by atoms with Gasteiger partial charge in [-0.3, -0.25) is 4.57 Å². The molecule has 0 aliphatic heterocycles. The maximum absolute atomic E-state index is 6.74. The highest BCUT2D eigenvalue weighted by Crippen LogP contribution is 2.52. The van der Waals surface area contributed by atoms with Gasteiger partial charge >= 0.3 is 0 Å². The normalized spacial score (nSPS) is 13.2. The van der Waals surface area contributed by atoms with Crippen molar-refractivity contribution in [2.75, 3.05) is 0 Å². The van der Waals surface area contributed by atoms with Gasteiger partial charge in [-0.25, -0.2) is 4.98 Å². The first-order valence-corrected chi connectivity index (χ1v) is 22.7. The van der Waals surface area contributed by atoms with E-state index in [0.29, 0.717) is 17.6 Å². The number of benzene rings is 8. The second-order valence-electron chi connectivity index (χ2n) is 17.9. The van der Waals surface area contributed by atoms with Crippen molar-refractivity contribution < 1.29 is 4.42 Å². The molecule has 0 saturated heterocycles. The summed E-state index contributed by atoms with van der Waals surface area (Å²) in [6.07, 6.45) is 4.10. The minimum atomic E-state index is -0.183. The fraction of sp³-hybridized carbons (Fsp3) is 0.0833. The summed E-state index contributed by atoms with van der Waals surface area (Å²) in [4.78, 5) is 16.3. The number of rotatable bonds is 6. The minimum Gasteiger partial charge on any atom is -0.456 e. The van der Waals surface area contributed by atoms with E-state index in [1.807, 2.05) is 31.2 Å². The molecule has 13 rings (SSSR count). The Morgan fingerprint density at radius 1 is 0.515 bits per heavy atom. The van der Waals surface area contributed by atoms with Crippen LogP contribution in [0.4, 0.5) is 0 Å². The monoisotopic (exact) mass is 849 g/mol. The summed E-state index contributed by atoms with van der Waals surface area (Å²) in [6, 6.07) is 62.7. The zero-order valence-electron chi connectivity index (χ0n) is 37.0. The van der Waals surface area contributed by atoms with E-state index in [4.69, 9.17) is 19.4 Å². The molecule has 0 unspecified atom stereocenters. The Balaban J connectivity index is 1.17. The van der Waals surface area contributed by atoms with Crippen LogP contribution >= 0.6 is 0 Å². The van der Waals surface area contributed by atoms with E-state index in [9.17, 15) is 0 Å². The lowest BCUT2D eigenvalue weighted by Gasteiger charge is -2.21. The number of para-hydroxylation sites is 2. The molecule has 66 heavy (non-hydrogen) atoms. The van der Waals surface area contributed by atoms with E-state index >= 15 is 0 Å². The fourth-order valence-electron chi connectivity index (χ4n) is 10.9. The number of fused-ring (bicyclic) bond motifs is 11. The van der Waals surface area contributed by atoms with Gasteiger partial charge in [0.25, 0.3) is 0 Å². The molecular formula is C60H43N5O. The summed E-state index contributed by atoms with van der Waals surface area (Å²) in [5, 5.41) is 5.62. The van der Waals surface area contributed by atoms with Gasteiger partial charge in [-0.2, -0.15) is 9.97 Å². The molecule has 0 atom stereocenters. The molecule has 6 heteroatoms. The predicted molar refractivity (Wildman–Crippen MR) is 272 cm³/mol. The quantitative estimate of drug-likeness (QED) is 0.167. The Bertz CT molecular complexity index is 3980. The number of aryl methyl sites for hydroxylation is 1. The summed E-state index contributed by atoms with van der Waals surface area (Å²) in [6.45, 7) is 8.81. The Hall–Kier alpha value is -8.35. The van der Waals surface area contributed by atoms with E-state index in [1.54, 1.807) is 0 Å². The molecule has 314 valence electrons. The third-order valence-corrected chi connectivity index (χ3v) is 13.9. The number of hydrogen-bond acceptors (Lipinski definition) is 4. The Kier molecular flexibility index (Phi) is 8.28. The standard InChI is InChI=1S/C60H43N5O/c1-5-19-51-36(2)53-46(37-20-8-6-9-21-37)34-39(35-52(53)66-51)64-49-30-16-13-24-40(49)42-32-33-43-41-25-14-17-31-50(41)65(56(43)55(42)64)59-62-57(38-22-10-7-11-23-38)61-58(63-59)45-27-18-29-48-54(45)44-26-12-15-28-47(44)60(48,3)4/h5-35H,1-4H3/b19-5-. The molecule has 0 bridgehead atoms. The maximum Gasteiger partial charge on any atom is 0.238 e. The molecule has 12 aromatic rings. The first-order valence-electron chi connectivity index (χ1n) is 22.7. The highest BCUT2D eigenvalue weighted by molar-refractivity contribution is 6.24. The van der Waals surface area contributed by atoms with Crippen LogP contribution in [0, 0.1) is 6.92 Å². The summed E-state index contributed by atoms with van der Waals surface area (Å²) in [7, 11) is 0. The van der Waals surface area contributed by atoms with Crippen LogP contribution in [0.15, 0.2) is 186 Å². The van der Waals surface area contributed by atoms with Crippen LogP contribution in [0.5, 0.6) is 0 Å². The molecule has 0 spiro atoms. The van der Waals surface area contributed by atoms with Gasteiger partial charge < -0.3 is 8.98 Å². The summed E-state index contributed by atoms with van der Waals surface area (Å²) in [5.74, 6) is 2.66. The van der Waals surface area contributed by atoms with Crippen molar-refractivity contribution in [2.45, 2.75) is 33.1 Å². The van der Waals surface area contributed by atoms with E-state index in [0.717, 1.165) is 93.8 Å². The molecule has 0 radical (unpaired) electrons. The molecule has 0 amide bonds. The SMILES string of the molecule is C/C=C\c1oc2cc(-n3c4ccccc4c4ccc5c6ccccc6n(-c6nc(-c7ccccc7)nc(-c7cccc8c7-c7ccccc7C8(C)C)n6)c5c43)cc(-c3ccccc3)c2c1C. The van der Waals surface area contributed by atoms with E-state index < -0.39 is 0 Å². The van der Waals surface area contributed by atoms with Crippen molar-refractivity contribution in [3.63, 3.8) is 0 Å². The van der Waals surface area contributed by atoms with Crippen LogP contribution in [-0.4, -0.2) is 24.1 Å². The van der Waals surface area contributed by atoms with E-state index in [1.165, 1.54) is 22.3 Å². The lowest BCUT2D eigenvalue weighted by atomic mass is 9.82. The molecule has 1 aliphatic carbocycles. The predicted octanol–water partition coefficient (Wildman–Crippen LogP) is 15.5. The van der Waals surface area contributed by atoms with Crippen LogP contribution in [-0.2, 0) is 5.41 Å². The van der Waals surface area contributed by atoms with Crippen molar-refractivity contribution in [1.82, 2.24) is 24.1 Å². The van der Waals surface area contributed by atoms with Crippen molar-refractivity contribution in [3.05, 3.63) is 204 Å². The van der Waals surface area contributed by atoms with Crippen LogP contribution in [0.25, 0.3) is 117 Å². The maximum atomic E-state index is 6.74. The first kappa shape index (κ1) is 38.1. The molecule has 1 aliphatic rings. The van der Waals surface area contributed by atoms with Gasteiger partial charge in [0.15, 0.2) is 11.6 Å². The van der Waals surface area contributed by atoms with Gasteiger partial charge in [-0.1, -0.05) is 172 Å². The van der Waals surface area contributed by atoms with Crippen molar-refractivity contribution in [3.8, 4) is 56.7 Å². The van der Waals surface area contributed by atoms with Gasteiger partial charge in [0.1, 0.15) is 11.3 Å². The average molecular weight is 850 g/mol. The molecule has 6 nitrogen and oxygen atoms in total. The van der Waals surface area contributed by atoms with E-state index in [-0.39, 0.29) is 5.41 Å². The number of aromatic nitrogens is 5. The van der Waals surface area contributed by atoms with Gasteiger partial charge in [0.2, 0.25) is 5.95 Å². The highest BCUT2D eigenvalue weighted by Gasteiger charge is 2.37. The summed E-state index contributed by atoms with van der Waals surface area (Å²) >= 11 is 0. The molecule has 0 saturated carbocycles. The van der Waals surface area contributed by atoms with Crippen LogP contribution in [0.1, 0.15) is 43.2 Å². The summed E-state index contributed by atoms with van der Waals surface area (Å²) in [5.41, 5.74) is 16.1. The third kappa shape index (κ3) is 5.45. The van der Waals surface area contributed by atoms with Gasteiger partial charge in [-0.05, 0) is 71.5 Å². The minimum absolute atomic E-state index is 0.183. The number of furan rings is 1. The van der Waals surface area contributed by atoms with E-state index in [2.05, 4.69) is 194 Å². The number of hydrogen-bond donors (Lipinski definition) is 0. The fourth-order valence-corrected chi connectivity index (χ4v) is 10.9. The van der Waals surface area contributed by atoms with Crippen LogP contribution in [0.2, 0.25) is 0 Å². The van der Waals surface area contributed by atoms with Crippen LogP contribution in [0.3, 0.4) is 0 Å². The van der Waals surface area contributed by atoms with Crippen molar-refractivity contribution >= 4 is 60.7 Å². The summed E-state index contributed by atoms with van der Waals surface area (Å²) < 4.78 is 11.4. The largest absolute Gasteiger partial charge is 0.456 e. The van der Waals surface area contributed by atoms with Gasteiger partial charge in [0.05, 0.1) is 27.8 Å². The Morgan fingerprint density at radius 3 is 1.83 bits per heavy atom. The highest BCUT2D eigenvalue weighted by atomic mass is 16.3. The lowest BCUT2D eigenvalue weighted by molar-refractivity contribution is 0.601. The zero-order valence-corrected chi connectivity index (χ0v) is 37.0.